The Kier molecular flexibility index (Phi) is 9.08. The lowest BCUT2D eigenvalue weighted by Gasteiger charge is -2.16. The van der Waals surface area contributed by atoms with Gasteiger partial charge in [-0.05, 0) is 57.4 Å². The molecule has 1 aliphatic heterocycles. The van der Waals surface area contributed by atoms with Crippen LogP contribution in [0.25, 0.3) is 5.69 Å². The molecule has 0 radical (unpaired) electrons. The number of rotatable bonds is 11. The van der Waals surface area contributed by atoms with Crippen LogP contribution in [-0.2, 0) is 14.8 Å². The van der Waals surface area contributed by atoms with Crippen LogP contribution in [-0.4, -0.2) is 54.3 Å². The third-order valence-electron chi connectivity index (χ3n) is 6.45. The van der Waals surface area contributed by atoms with E-state index in [0.29, 0.717) is 35.8 Å². The molecule has 1 aliphatic rings. The summed E-state index contributed by atoms with van der Waals surface area (Å²) >= 11 is 6.21. The van der Waals surface area contributed by atoms with Crippen LogP contribution in [0.4, 0.5) is 5.69 Å². The van der Waals surface area contributed by atoms with E-state index < -0.39 is 37.5 Å². The summed E-state index contributed by atoms with van der Waals surface area (Å²) in [6.07, 6.45) is 2.18. The monoisotopic (exact) mass is 591 g/mol. The van der Waals surface area contributed by atoms with Gasteiger partial charge in [-0.3, -0.25) is 14.9 Å². The number of nitrogens with one attached hydrogen (secondary N) is 2. The fourth-order valence-corrected chi connectivity index (χ4v) is 5.77. The van der Waals surface area contributed by atoms with Crippen LogP contribution < -0.4 is 14.8 Å². The molecule has 2 heterocycles. The Balaban J connectivity index is 1.79. The van der Waals surface area contributed by atoms with E-state index in [-0.39, 0.29) is 23.4 Å². The zero-order valence-electron chi connectivity index (χ0n) is 22.2. The highest BCUT2D eigenvalue weighted by Crippen LogP contribution is 2.36. The number of hydrogen-bond donors (Lipinski definition) is 2. The molecule has 1 fully saturated rings. The maximum absolute atomic E-state index is 13.3. The first-order chi connectivity index (χ1) is 19.0. The van der Waals surface area contributed by atoms with Gasteiger partial charge in [-0.25, -0.2) is 13.1 Å². The van der Waals surface area contributed by atoms with Gasteiger partial charge in [0.25, 0.3) is 11.6 Å². The standard InChI is InChI=1S/C26H30ClN5O7S/c1-4-16(2)30-40(36,37)23-14-20(32(34)35)10-11-22(23)39-26-17(3)24(25(33)28-15-21-9-6-12-38-21)29-31(26)19-8-5-7-18(27)13-19/h5,7-8,10-11,13-14,16,21,30H,4,6,9,12,15H2,1-3H3,(H,28,33)/t16-,21-/m0/s1. The molecule has 0 unspecified atom stereocenters. The molecule has 14 heteroatoms. The van der Waals surface area contributed by atoms with E-state index in [9.17, 15) is 23.3 Å². The first kappa shape index (κ1) is 29.5. The minimum absolute atomic E-state index is 0.0402. The van der Waals surface area contributed by atoms with E-state index in [4.69, 9.17) is 21.1 Å². The van der Waals surface area contributed by atoms with Gasteiger partial charge in [-0.15, -0.1) is 0 Å². The van der Waals surface area contributed by atoms with E-state index in [1.807, 2.05) is 0 Å². The minimum Gasteiger partial charge on any atom is -0.437 e. The summed E-state index contributed by atoms with van der Waals surface area (Å²) in [5.74, 6) is -0.606. The Morgan fingerprint density at radius 2 is 2.10 bits per heavy atom. The molecule has 2 aromatic carbocycles. The molecule has 0 aliphatic carbocycles. The van der Waals surface area contributed by atoms with E-state index in [1.54, 1.807) is 45.0 Å². The summed E-state index contributed by atoms with van der Waals surface area (Å²) in [5, 5.41) is 19.2. The minimum atomic E-state index is -4.23. The first-order valence-corrected chi connectivity index (χ1v) is 14.6. The van der Waals surface area contributed by atoms with Crippen LogP contribution in [0.3, 0.4) is 0 Å². The zero-order valence-corrected chi connectivity index (χ0v) is 23.8. The second-order valence-electron chi connectivity index (χ2n) is 9.44. The number of ether oxygens (including phenoxy) is 2. The number of carbonyl (C=O) groups is 1. The average Bonchev–Trinajstić information content (AvgIpc) is 3.55. The van der Waals surface area contributed by atoms with Crippen molar-refractivity contribution in [1.29, 1.82) is 0 Å². The predicted molar refractivity (Wildman–Crippen MR) is 148 cm³/mol. The summed E-state index contributed by atoms with van der Waals surface area (Å²) < 4.78 is 42.1. The molecule has 2 atom stereocenters. The molecule has 1 aromatic heterocycles. The molecule has 0 spiro atoms. The number of nitrogens with zero attached hydrogens (tertiary/aromatic N) is 3. The van der Waals surface area contributed by atoms with E-state index in [2.05, 4.69) is 15.1 Å². The Labute approximate surface area is 236 Å². The number of nitro groups is 1. The van der Waals surface area contributed by atoms with Gasteiger partial charge < -0.3 is 14.8 Å². The van der Waals surface area contributed by atoms with Crippen molar-refractivity contribution in [3.05, 3.63) is 68.9 Å². The van der Waals surface area contributed by atoms with Gasteiger partial charge >= 0.3 is 0 Å². The Morgan fingerprint density at radius 3 is 2.75 bits per heavy atom. The molecule has 40 heavy (non-hydrogen) atoms. The Bertz CT molecular complexity index is 1520. The van der Waals surface area contributed by atoms with Crippen LogP contribution in [0.5, 0.6) is 11.6 Å². The van der Waals surface area contributed by atoms with Gasteiger partial charge in [0.1, 0.15) is 10.6 Å². The maximum atomic E-state index is 13.3. The lowest BCUT2D eigenvalue weighted by Crippen LogP contribution is -2.32. The lowest BCUT2D eigenvalue weighted by atomic mass is 10.2. The number of aromatic nitrogens is 2. The van der Waals surface area contributed by atoms with Crippen molar-refractivity contribution in [2.75, 3.05) is 13.2 Å². The van der Waals surface area contributed by atoms with Gasteiger partial charge in [-0.1, -0.05) is 24.6 Å². The normalized spacial score (nSPS) is 16.1. The van der Waals surface area contributed by atoms with Gasteiger partial charge in [0.2, 0.25) is 15.9 Å². The van der Waals surface area contributed by atoms with Gasteiger partial charge in [0, 0.05) is 41.9 Å². The second kappa shape index (κ2) is 12.3. The number of nitro benzene ring substituents is 1. The van der Waals surface area contributed by atoms with Crippen LogP contribution in [0.1, 0.15) is 49.2 Å². The number of sulfonamides is 1. The number of hydrogen-bond acceptors (Lipinski definition) is 8. The molecule has 1 amide bonds. The summed E-state index contributed by atoms with van der Waals surface area (Å²) in [6.45, 7) is 6.05. The smallest absolute Gasteiger partial charge is 0.272 e. The number of non-ortho nitro benzene ring substituents is 1. The highest BCUT2D eigenvalue weighted by molar-refractivity contribution is 7.89. The molecule has 0 bridgehead atoms. The topological polar surface area (TPSA) is 155 Å². The van der Waals surface area contributed by atoms with Crippen molar-refractivity contribution < 1.29 is 27.6 Å². The first-order valence-electron chi connectivity index (χ1n) is 12.7. The molecular weight excluding hydrogens is 562 g/mol. The van der Waals surface area contributed by atoms with Gasteiger partial charge in [-0.2, -0.15) is 9.78 Å². The highest BCUT2D eigenvalue weighted by atomic mass is 35.5. The third-order valence-corrected chi connectivity index (χ3v) is 8.30. The molecule has 0 saturated carbocycles. The average molecular weight is 592 g/mol. The van der Waals surface area contributed by atoms with E-state index >= 15 is 0 Å². The van der Waals surface area contributed by atoms with Crippen molar-refractivity contribution in [3.8, 4) is 17.3 Å². The van der Waals surface area contributed by atoms with Gasteiger partial charge in [0.15, 0.2) is 5.69 Å². The van der Waals surface area contributed by atoms with Crippen LogP contribution in [0, 0.1) is 17.0 Å². The van der Waals surface area contributed by atoms with Crippen LogP contribution in [0.15, 0.2) is 47.4 Å². The van der Waals surface area contributed by atoms with Crippen molar-refractivity contribution >= 4 is 33.2 Å². The van der Waals surface area contributed by atoms with Crippen LogP contribution >= 0.6 is 11.6 Å². The quantitative estimate of drug-likeness (QED) is 0.244. The Morgan fingerprint density at radius 1 is 1.32 bits per heavy atom. The summed E-state index contributed by atoms with van der Waals surface area (Å²) in [7, 11) is -4.23. The summed E-state index contributed by atoms with van der Waals surface area (Å²) in [6, 6.07) is 9.49. The molecule has 4 rings (SSSR count). The number of amides is 1. The number of benzene rings is 2. The molecule has 214 valence electrons. The van der Waals surface area contributed by atoms with Crippen LogP contribution in [0.2, 0.25) is 5.02 Å². The van der Waals surface area contributed by atoms with Crippen molar-refractivity contribution in [1.82, 2.24) is 19.8 Å². The molecule has 12 nitrogen and oxygen atoms in total. The molecule has 1 saturated heterocycles. The highest BCUT2D eigenvalue weighted by Gasteiger charge is 2.29. The molecule has 2 N–H and O–H groups in total. The van der Waals surface area contributed by atoms with Crippen molar-refractivity contribution in [2.24, 2.45) is 0 Å². The zero-order chi connectivity index (χ0) is 29.0. The summed E-state index contributed by atoms with van der Waals surface area (Å²) in [4.78, 5) is 23.5. The van der Waals surface area contributed by atoms with Crippen molar-refractivity contribution in [2.45, 2.75) is 57.1 Å². The van der Waals surface area contributed by atoms with Gasteiger partial charge in [0.05, 0.1) is 16.7 Å². The summed E-state index contributed by atoms with van der Waals surface area (Å²) in [5.41, 5.74) is 0.400. The van der Waals surface area contributed by atoms with Crippen molar-refractivity contribution in [3.63, 3.8) is 0 Å². The predicted octanol–water partition coefficient (Wildman–Crippen LogP) is 4.52. The second-order valence-corrected chi connectivity index (χ2v) is 11.6. The SMILES string of the molecule is CC[C@H](C)NS(=O)(=O)c1cc([N+](=O)[O-])ccc1Oc1c(C)c(C(=O)NC[C@@H]2CCCO2)nn1-c1cccc(Cl)c1. The third kappa shape index (κ3) is 6.61. The lowest BCUT2D eigenvalue weighted by molar-refractivity contribution is -0.385. The fraction of sp³-hybridized carbons (Fsp3) is 0.385. The Hall–Kier alpha value is -3.52. The number of halogens is 1. The number of carbonyl (C=O) groups excluding carboxylic acids is 1. The van der Waals surface area contributed by atoms with E-state index in [1.165, 1.54) is 10.7 Å². The largest absolute Gasteiger partial charge is 0.437 e. The molecule has 3 aromatic rings. The maximum Gasteiger partial charge on any atom is 0.272 e. The van der Waals surface area contributed by atoms with E-state index in [0.717, 1.165) is 25.0 Å². The molecular formula is C26H30ClN5O7S. The fourth-order valence-electron chi connectivity index (χ4n) is 4.11.